The maximum atomic E-state index is 14.4. The second-order valence-electron chi connectivity index (χ2n) is 11.8. The lowest BCUT2D eigenvalue weighted by molar-refractivity contribution is 0.104. The Morgan fingerprint density at radius 3 is 2.51 bits per heavy atom. The van der Waals surface area contributed by atoms with Gasteiger partial charge in [-0.1, -0.05) is 42.5 Å². The van der Waals surface area contributed by atoms with Crippen molar-refractivity contribution in [2.75, 3.05) is 26.8 Å². The van der Waals surface area contributed by atoms with Crippen molar-refractivity contribution in [3.63, 3.8) is 0 Å². The number of nitrogens with one attached hydrogen (secondary N) is 2. The Bertz CT molecular complexity index is 1870. The molecule has 0 amide bonds. The summed E-state index contributed by atoms with van der Waals surface area (Å²) in [6, 6.07) is 30.0. The summed E-state index contributed by atoms with van der Waals surface area (Å²) < 4.78 is 18.9. The quantitative estimate of drug-likeness (QED) is 0.131. The Labute approximate surface area is 279 Å². The zero-order valence-corrected chi connectivity index (χ0v) is 27.2. The lowest BCUT2D eigenvalue weighted by Crippen LogP contribution is -2.32. The fourth-order valence-electron chi connectivity index (χ4n) is 6.11. The standard InChI is InChI=1S/C38H38N4O4S/c1-44-33-21-28(9-10-29(33)23-42-18-5-6-19-42)37(43)36-32-16-15-31(46-24-26-7-3-2-4-8-26)22-34(32)47-38(36)27-11-13-30(14-12-27)45-20-17-35-39-25-40-41-35/h2-4,7-16,21-22,25,35,41H,5-6,17-20,23-24H2,1H3,(H,39,40). The van der Waals surface area contributed by atoms with Gasteiger partial charge in [0.25, 0.3) is 0 Å². The molecule has 9 heteroatoms. The molecule has 0 aliphatic carbocycles. The smallest absolute Gasteiger partial charge is 0.195 e. The van der Waals surface area contributed by atoms with Gasteiger partial charge in [-0.15, -0.1) is 11.3 Å². The number of rotatable bonds is 13. The third-order valence-corrected chi connectivity index (χ3v) is 9.83. The predicted molar refractivity (Wildman–Crippen MR) is 188 cm³/mol. The van der Waals surface area contributed by atoms with Crippen molar-refractivity contribution in [1.29, 1.82) is 0 Å². The van der Waals surface area contributed by atoms with Gasteiger partial charge >= 0.3 is 0 Å². The molecule has 0 spiro atoms. The van der Waals surface area contributed by atoms with Gasteiger partial charge in [0, 0.05) is 44.6 Å². The van der Waals surface area contributed by atoms with Crippen LogP contribution < -0.4 is 25.1 Å². The highest BCUT2D eigenvalue weighted by molar-refractivity contribution is 7.22. The molecule has 3 heterocycles. The first-order valence-corrected chi connectivity index (χ1v) is 16.9. The van der Waals surface area contributed by atoms with Gasteiger partial charge in [-0.3, -0.25) is 14.7 Å². The highest BCUT2D eigenvalue weighted by atomic mass is 32.1. The minimum Gasteiger partial charge on any atom is -0.496 e. The molecule has 8 nitrogen and oxygen atoms in total. The van der Waals surface area contributed by atoms with E-state index in [0.717, 1.165) is 75.0 Å². The fourth-order valence-corrected chi connectivity index (χ4v) is 7.35. The molecule has 0 saturated carbocycles. The van der Waals surface area contributed by atoms with Crippen molar-refractivity contribution in [1.82, 2.24) is 15.8 Å². The van der Waals surface area contributed by atoms with Crippen molar-refractivity contribution < 1.29 is 19.0 Å². The molecule has 1 atom stereocenters. The zero-order chi connectivity index (χ0) is 32.0. The number of aliphatic imine (C=N–C) groups is 1. The van der Waals surface area contributed by atoms with Crippen LogP contribution in [0.4, 0.5) is 0 Å². The lowest BCUT2D eigenvalue weighted by atomic mass is 9.96. The summed E-state index contributed by atoms with van der Waals surface area (Å²) in [6.45, 7) is 4.02. The van der Waals surface area contributed by atoms with E-state index in [0.29, 0.717) is 24.3 Å². The van der Waals surface area contributed by atoms with Crippen LogP contribution in [-0.2, 0) is 13.2 Å². The molecule has 7 rings (SSSR count). The number of hydrazine groups is 1. The van der Waals surface area contributed by atoms with E-state index in [2.05, 4.69) is 20.7 Å². The van der Waals surface area contributed by atoms with Crippen molar-refractivity contribution in [3.05, 3.63) is 113 Å². The lowest BCUT2D eigenvalue weighted by Gasteiger charge is -2.17. The summed E-state index contributed by atoms with van der Waals surface area (Å²) >= 11 is 1.60. The average molecular weight is 647 g/mol. The van der Waals surface area contributed by atoms with Gasteiger partial charge in [-0.2, -0.15) is 0 Å². The highest BCUT2D eigenvalue weighted by Gasteiger charge is 2.24. The van der Waals surface area contributed by atoms with Crippen molar-refractivity contribution in [2.45, 2.75) is 38.6 Å². The number of hydrogen-bond donors (Lipinski definition) is 2. The zero-order valence-electron chi connectivity index (χ0n) is 26.4. The Kier molecular flexibility index (Phi) is 9.46. The second kappa shape index (κ2) is 14.4. The first kappa shape index (κ1) is 30.9. The fraction of sp³-hybridized carbons (Fsp3) is 0.263. The van der Waals surface area contributed by atoms with Crippen LogP contribution in [0.15, 0.2) is 96.0 Å². The maximum Gasteiger partial charge on any atom is 0.195 e. The van der Waals surface area contributed by atoms with E-state index in [9.17, 15) is 4.79 Å². The summed E-state index contributed by atoms with van der Waals surface area (Å²) in [7, 11) is 1.68. The van der Waals surface area contributed by atoms with E-state index in [-0.39, 0.29) is 11.9 Å². The minimum absolute atomic E-state index is 0.0101. The number of hydrogen-bond acceptors (Lipinski definition) is 9. The summed E-state index contributed by atoms with van der Waals surface area (Å²) in [6.07, 6.45) is 4.86. The van der Waals surface area contributed by atoms with Gasteiger partial charge < -0.3 is 19.6 Å². The van der Waals surface area contributed by atoms with Crippen LogP contribution in [0.3, 0.4) is 0 Å². The van der Waals surface area contributed by atoms with Gasteiger partial charge in [-0.25, -0.2) is 5.43 Å². The number of benzene rings is 4. The molecule has 1 aromatic heterocycles. The van der Waals surface area contributed by atoms with Gasteiger partial charge in [-0.05, 0) is 85.6 Å². The molecular formula is C38H38N4O4S. The Morgan fingerprint density at radius 1 is 0.936 bits per heavy atom. The molecule has 240 valence electrons. The number of ketones is 1. The van der Waals surface area contributed by atoms with Gasteiger partial charge in [0.1, 0.15) is 30.0 Å². The van der Waals surface area contributed by atoms with E-state index < -0.39 is 0 Å². The normalized spacial score (nSPS) is 16.0. The van der Waals surface area contributed by atoms with Crippen molar-refractivity contribution >= 4 is 33.5 Å². The van der Waals surface area contributed by atoms with Crippen LogP contribution in [-0.4, -0.2) is 50.0 Å². The molecule has 4 aromatic carbocycles. The molecule has 5 aromatic rings. The van der Waals surface area contributed by atoms with Crippen LogP contribution in [0.2, 0.25) is 0 Å². The summed E-state index contributed by atoms with van der Waals surface area (Å²) in [5.74, 6) is 2.25. The van der Waals surface area contributed by atoms with E-state index in [4.69, 9.17) is 14.2 Å². The van der Waals surface area contributed by atoms with Crippen molar-refractivity contribution in [2.24, 2.45) is 4.99 Å². The average Bonchev–Trinajstić information content (AvgIpc) is 3.90. The predicted octanol–water partition coefficient (Wildman–Crippen LogP) is 7.21. The molecule has 2 N–H and O–H groups in total. The number of carbonyl (C=O) groups excluding carboxylic acids is 1. The number of likely N-dealkylation sites (tertiary alicyclic amines) is 1. The maximum absolute atomic E-state index is 14.4. The van der Waals surface area contributed by atoms with E-state index in [1.807, 2.05) is 91.0 Å². The van der Waals surface area contributed by atoms with E-state index >= 15 is 0 Å². The van der Waals surface area contributed by atoms with Crippen molar-refractivity contribution in [3.8, 4) is 27.7 Å². The third-order valence-electron chi connectivity index (χ3n) is 8.62. The molecule has 1 saturated heterocycles. The Morgan fingerprint density at radius 2 is 1.74 bits per heavy atom. The highest BCUT2D eigenvalue weighted by Crippen LogP contribution is 2.42. The molecule has 1 fully saturated rings. The minimum atomic E-state index is -0.0335. The second-order valence-corrected chi connectivity index (χ2v) is 12.9. The van der Waals surface area contributed by atoms with Crippen LogP contribution in [0.25, 0.3) is 20.5 Å². The van der Waals surface area contributed by atoms with Gasteiger partial charge in [0.05, 0.1) is 20.1 Å². The van der Waals surface area contributed by atoms with Gasteiger partial charge in [0.2, 0.25) is 0 Å². The molecule has 1 unspecified atom stereocenters. The summed E-state index contributed by atoms with van der Waals surface area (Å²) in [5, 5.41) is 0.903. The molecular weight excluding hydrogens is 609 g/mol. The number of fused-ring (bicyclic) bond motifs is 1. The van der Waals surface area contributed by atoms with Crippen LogP contribution in [0.5, 0.6) is 17.2 Å². The number of methoxy groups -OCH3 is 1. The van der Waals surface area contributed by atoms with Crippen LogP contribution in [0.1, 0.15) is 46.3 Å². The topological polar surface area (TPSA) is 84.4 Å². The molecule has 2 aliphatic heterocycles. The summed E-state index contributed by atoms with van der Waals surface area (Å²) in [5.41, 5.74) is 10.4. The number of nitrogens with zero attached hydrogens (tertiary/aromatic N) is 2. The van der Waals surface area contributed by atoms with E-state index in [1.54, 1.807) is 24.8 Å². The number of carbonyl (C=O) groups is 1. The molecule has 47 heavy (non-hydrogen) atoms. The number of ether oxygens (including phenoxy) is 3. The largest absolute Gasteiger partial charge is 0.496 e. The van der Waals surface area contributed by atoms with E-state index in [1.165, 1.54) is 12.8 Å². The first-order valence-electron chi connectivity index (χ1n) is 16.1. The van der Waals surface area contributed by atoms with Crippen LogP contribution in [0, 0.1) is 0 Å². The summed E-state index contributed by atoms with van der Waals surface area (Å²) in [4.78, 5) is 22.1. The Balaban J connectivity index is 1.19. The third kappa shape index (κ3) is 7.17. The van der Waals surface area contributed by atoms with Crippen LogP contribution >= 0.6 is 11.3 Å². The SMILES string of the molecule is COc1cc(C(=O)c2c(-c3ccc(OCCC4N=CNN4)cc3)sc3cc(OCc4ccccc4)ccc23)ccc1CN1CCCC1. The first-order chi connectivity index (χ1) is 23.1. The Hall–Kier alpha value is -4.70. The monoisotopic (exact) mass is 646 g/mol. The number of thiophene rings is 1. The molecule has 0 radical (unpaired) electrons. The van der Waals surface area contributed by atoms with Gasteiger partial charge in [0.15, 0.2) is 5.78 Å². The molecule has 0 bridgehead atoms. The molecule has 2 aliphatic rings.